The van der Waals surface area contributed by atoms with E-state index in [4.69, 9.17) is 4.74 Å². The molecule has 4 nitrogen and oxygen atoms in total. The Bertz CT molecular complexity index is 459. The molecule has 1 N–H and O–H groups in total. The van der Waals surface area contributed by atoms with Crippen LogP contribution in [0, 0.1) is 13.8 Å². The van der Waals surface area contributed by atoms with Gasteiger partial charge in [-0.1, -0.05) is 25.1 Å². The number of hydrogen-bond acceptors (Lipinski definition) is 3. The number of ether oxygens (including phenoxy) is 1. The maximum Gasteiger partial charge on any atom is 0.410 e. The summed E-state index contributed by atoms with van der Waals surface area (Å²) in [4.78, 5) is 13.3. The first kappa shape index (κ1) is 13.9. The number of likely N-dealkylation sites (N-methyl/N-ethyl adjacent to an activating group) is 1. The zero-order valence-electron chi connectivity index (χ0n) is 11.9. The Morgan fingerprint density at radius 1 is 1.37 bits per heavy atom. The maximum absolute atomic E-state index is 11.5. The molecule has 0 spiro atoms. The summed E-state index contributed by atoms with van der Waals surface area (Å²) in [5.41, 5.74) is 3.80. The summed E-state index contributed by atoms with van der Waals surface area (Å²) in [6.45, 7) is 9.04. The van der Waals surface area contributed by atoms with Crippen molar-refractivity contribution >= 4 is 6.09 Å². The molecule has 1 saturated heterocycles. The summed E-state index contributed by atoms with van der Waals surface area (Å²) >= 11 is 0. The molecule has 0 saturated carbocycles. The summed E-state index contributed by atoms with van der Waals surface area (Å²) in [5, 5.41) is 3.44. The van der Waals surface area contributed by atoms with Crippen LogP contribution in [0.25, 0.3) is 0 Å². The molecule has 1 heterocycles. The van der Waals surface area contributed by atoms with Crippen LogP contribution in [0.4, 0.5) is 4.79 Å². The van der Waals surface area contributed by atoms with Crippen molar-refractivity contribution in [2.75, 3.05) is 26.2 Å². The van der Waals surface area contributed by atoms with Crippen LogP contribution < -0.4 is 5.32 Å². The Hall–Kier alpha value is -1.55. The summed E-state index contributed by atoms with van der Waals surface area (Å²) in [6.07, 6.45) is -0.202. The number of benzene rings is 1. The van der Waals surface area contributed by atoms with Gasteiger partial charge in [-0.3, -0.25) is 0 Å². The third-order valence-electron chi connectivity index (χ3n) is 3.63. The minimum absolute atomic E-state index is 0.162. The first-order chi connectivity index (χ1) is 9.11. The predicted molar refractivity (Wildman–Crippen MR) is 75.3 cm³/mol. The monoisotopic (exact) mass is 262 g/mol. The van der Waals surface area contributed by atoms with Crippen LogP contribution >= 0.6 is 0 Å². The topological polar surface area (TPSA) is 41.6 Å². The number of aryl methyl sites for hydroxylation is 2. The Morgan fingerprint density at radius 2 is 2.16 bits per heavy atom. The van der Waals surface area contributed by atoms with Gasteiger partial charge in [0.05, 0.1) is 12.6 Å². The van der Waals surface area contributed by atoms with Crippen molar-refractivity contribution in [1.29, 1.82) is 0 Å². The van der Waals surface area contributed by atoms with E-state index in [0.717, 1.165) is 6.54 Å². The van der Waals surface area contributed by atoms with Gasteiger partial charge in [-0.25, -0.2) is 4.79 Å². The number of hydrogen-bond donors (Lipinski definition) is 1. The fourth-order valence-corrected chi connectivity index (χ4v) is 2.33. The van der Waals surface area contributed by atoms with E-state index >= 15 is 0 Å². The molecule has 0 aromatic heterocycles. The van der Waals surface area contributed by atoms with E-state index in [0.29, 0.717) is 19.7 Å². The van der Waals surface area contributed by atoms with Gasteiger partial charge in [0.2, 0.25) is 0 Å². The van der Waals surface area contributed by atoms with Crippen LogP contribution in [0.3, 0.4) is 0 Å². The molecule has 0 bridgehead atoms. The Labute approximate surface area is 114 Å². The van der Waals surface area contributed by atoms with Gasteiger partial charge in [0, 0.05) is 6.54 Å². The van der Waals surface area contributed by atoms with Gasteiger partial charge in [-0.15, -0.1) is 0 Å². The van der Waals surface area contributed by atoms with E-state index in [1.54, 1.807) is 4.90 Å². The van der Waals surface area contributed by atoms with Crippen molar-refractivity contribution in [2.45, 2.75) is 26.8 Å². The second kappa shape index (κ2) is 6.06. The molecule has 0 radical (unpaired) electrons. The lowest BCUT2D eigenvalue weighted by Crippen LogP contribution is -2.35. The maximum atomic E-state index is 11.5. The number of carbonyl (C=O) groups excluding carboxylic acids is 1. The molecular formula is C15H22N2O2. The van der Waals surface area contributed by atoms with Crippen LogP contribution in [-0.4, -0.2) is 37.2 Å². The molecule has 2 rings (SSSR count). The number of cyclic esters (lactones) is 1. The molecule has 104 valence electrons. The van der Waals surface area contributed by atoms with Gasteiger partial charge in [0.1, 0.15) is 6.61 Å². The van der Waals surface area contributed by atoms with E-state index in [2.05, 4.69) is 44.3 Å². The highest BCUT2D eigenvalue weighted by Crippen LogP contribution is 2.19. The lowest BCUT2D eigenvalue weighted by Gasteiger charge is -2.23. The van der Waals surface area contributed by atoms with Crippen molar-refractivity contribution in [3.8, 4) is 0 Å². The highest BCUT2D eigenvalue weighted by molar-refractivity contribution is 5.69. The van der Waals surface area contributed by atoms with E-state index in [1.165, 1.54) is 16.7 Å². The van der Waals surface area contributed by atoms with Crippen LogP contribution in [0.2, 0.25) is 0 Å². The average Bonchev–Trinajstić information content (AvgIpc) is 2.78. The summed E-state index contributed by atoms with van der Waals surface area (Å²) < 4.78 is 4.98. The van der Waals surface area contributed by atoms with Crippen LogP contribution in [0.5, 0.6) is 0 Å². The van der Waals surface area contributed by atoms with Crippen molar-refractivity contribution in [1.82, 2.24) is 10.2 Å². The number of carbonyl (C=O) groups is 1. The molecule has 1 amide bonds. The van der Waals surface area contributed by atoms with E-state index in [9.17, 15) is 4.79 Å². The molecule has 1 aromatic rings. The van der Waals surface area contributed by atoms with Crippen LogP contribution in [0.15, 0.2) is 18.2 Å². The summed E-state index contributed by atoms with van der Waals surface area (Å²) in [5.74, 6) is 0. The molecule has 0 aliphatic carbocycles. The number of nitrogens with zero attached hydrogens (tertiary/aromatic N) is 1. The van der Waals surface area contributed by atoms with Gasteiger partial charge in [-0.05, 0) is 37.1 Å². The number of rotatable bonds is 5. The predicted octanol–water partition coefficient (Wildman–Crippen LogP) is 2.41. The summed E-state index contributed by atoms with van der Waals surface area (Å²) in [6, 6.07) is 6.63. The van der Waals surface area contributed by atoms with Gasteiger partial charge >= 0.3 is 6.09 Å². The van der Waals surface area contributed by atoms with E-state index < -0.39 is 0 Å². The second-order valence-electron chi connectivity index (χ2n) is 5.01. The quantitative estimate of drug-likeness (QED) is 0.886. The van der Waals surface area contributed by atoms with Gasteiger partial charge in [-0.2, -0.15) is 0 Å². The minimum Gasteiger partial charge on any atom is -0.448 e. The third-order valence-corrected chi connectivity index (χ3v) is 3.63. The molecular weight excluding hydrogens is 240 g/mol. The number of nitrogens with one attached hydrogen (secondary N) is 1. The lowest BCUT2D eigenvalue weighted by molar-refractivity contribution is 0.156. The SMILES string of the molecule is CCNC(CN1CCOC1=O)c1ccc(C)c(C)c1. The fourth-order valence-electron chi connectivity index (χ4n) is 2.33. The average molecular weight is 262 g/mol. The lowest BCUT2D eigenvalue weighted by atomic mass is 10.0. The van der Waals surface area contributed by atoms with Crippen molar-refractivity contribution < 1.29 is 9.53 Å². The zero-order valence-corrected chi connectivity index (χ0v) is 11.9. The third kappa shape index (κ3) is 3.26. The molecule has 1 aliphatic heterocycles. The molecule has 19 heavy (non-hydrogen) atoms. The number of amides is 1. The van der Waals surface area contributed by atoms with Crippen LogP contribution in [-0.2, 0) is 4.74 Å². The minimum atomic E-state index is -0.202. The normalized spacial score (nSPS) is 16.6. The Balaban J connectivity index is 2.14. The Kier molecular flexibility index (Phi) is 4.43. The first-order valence-electron chi connectivity index (χ1n) is 6.84. The standard InChI is InChI=1S/C15H22N2O2/c1-4-16-14(10-17-7-8-19-15(17)18)13-6-5-11(2)12(3)9-13/h5-6,9,14,16H,4,7-8,10H2,1-3H3. The highest BCUT2D eigenvalue weighted by Gasteiger charge is 2.25. The molecule has 1 fully saturated rings. The van der Waals surface area contributed by atoms with E-state index in [1.807, 2.05) is 0 Å². The van der Waals surface area contributed by atoms with Gasteiger partial charge < -0.3 is 15.0 Å². The molecule has 1 unspecified atom stereocenters. The smallest absolute Gasteiger partial charge is 0.410 e. The largest absolute Gasteiger partial charge is 0.448 e. The highest BCUT2D eigenvalue weighted by atomic mass is 16.6. The van der Waals surface area contributed by atoms with Gasteiger partial charge in [0.25, 0.3) is 0 Å². The fraction of sp³-hybridized carbons (Fsp3) is 0.533. The van der Waals surface area contributed by atoms with E-state index in [-0.39, 0.29) is 12.1 Å². The van der Waals surface area contributed by atoms with Crippen molar-refractivity contribution in [3.63, 3.8) is 0 Å². The molecule has 1 aromatic carbocycles. The second-order valence-corrected chi connectivity index (χ2v) is 5.01. The molecule has 4 heteroatoms. The van der Waals surface area contributed by atoms with Crippen LogP contribution in [0.1, 0.15) is 29.7 Å². The van der Waals surface area contributed by atoms with Crippen molar-refractivity contribution in [3.05, 3.63) is 34.9 Å². The van der Waals surface area contributed by atoms with Gasteiger partial charge in [0.15, 0.2) is 0 Å². The Morgan fingerprint density at radius 3 is 2.74 bits per heavy atom. The summed E-state index contributed by atoms with van der Waals surface area (Å²) in [7, 11) is 0. The zero-order chi connectivity index (χ0) is 13.8. The first-order valence-corrected chi connectivity index (χ1v) is 6.84. The molecule has 1 aliphatic rings. The molecule has 1 atom stereocenters. The van der Waals surface area contributed by atoms with Crippen molar-refractivity contribution in [2.24, 2.45) is 0 Å².